The number of hydrogen-bond donors (Lipinski definition) is 2. The zero-order valence-electron chi connectivity index (χ0n) is 9.69. The summed E-state index contributed by atoms with van der Waals surface area (Å²) in [6.07, 6.45) is 10.2. The number of rotatable bonds is 5. The highest BCUT2D eigenvalue weighted by Crippen LogP contribution is 2.01. The standard InChI is InChI=1S/C14H12N2O2/c17-13(11-5-1-2-6-11)15-9-10-16-14(18)12-7-3-4-8-12/h1-5,7H,9-10H2,(H,15,17)(H,16,18). The molecule has 0 unspecified atom stereocenters. The summed E-state index contributed by atoms with van der Waals surface area (Å²) in [5.41, 5.74) is 6.62. The normalized spacial score (nSPS) is 14.7. The summed E-state index contributed by atoms with van der Waals surface area (Å²) in [5.74, 6) is -0.372. The average Bonchev–Trinajstić information content (AvgIpc) is 3.05. The Morgan fingerprint density at radius 1 is 0.889 bits per heavy atom. The van der Waals surface area contributed by atoms with E-state index < -0.39 is 0 Å². The molecule has 0 heterocycles. The lowest BCUT2D eigenvalue weighted by atomic mass is 10.3. The second kappa shape index (κ2) is 5.69. The summed E-state index contributed by atoms with van der Waals surface area (Å²) in [6, 6.07) is 0. The van der Waals surface area contributed by atoms with Gasteiger partial charge in [0, 0.05) is 13.1 Å². The molecule has 0 radical (unpaired) electrons. The van der Waals surface area contributed by atoms with E-state index >= 15 is 0 Å². The lowest BCUT2D eigenvalue weighted by Gasteiger charge is -2.05. The van der Waals surface area contributed by atoms with Gasteiger partial charge in [0.2, 0.25) is 0 Å². The van der Waals surface area contributed by atoms with Crippen molar-refractivity contribution >= 4 is 11.8 Å². The molecule has 0 spiro atoms. The summed E-state index contributed by atoms with van der Waals surface area (Å²) >= 11 is 0. The van der Waals surface area contributed by atoms with Crippen LogP contribution < -0.4 is 10.6 Å². The first-order chi connectivity index (χ1) is 8.77. The van der Waals surface area contributed by atoms with E-state index in [4.69, 9.17) is 0 Å². The van der Waals surface area contributed by atoms with Gasteiger partial charge in [0.05, 0.1) is 11.1 Å². The molecule has 0 saturated carbocycles. The molecule has 0 fully saturated rings. The van der Waals surface area contributed by atoms with Gasteiger partial charge in [-0.2, -0.15) is 0 Å². The van der Waals surface area contributed by atoms with Gasteiger partial charge in [-0.1, -0.05) is 12.2 Å². The van der Waals surface area contributed by atoms with Gasteiger partial charge >= 0.3 is 0 Å². The number of amides is 2. The maximum absolute atomic E-state index is 11.5. The molecule has 4 heteroatoms. The van der Waals surface area contributed by atoms with Crippen LogP contribution in [0.4, 0.5) is 0 Å². The molecule has 2 aliphatic rings. The minimum absolute atomic E-state index is 0.186. The summed E-state index contributed by atoms with van der Waals surface area (Å²) in [7, 11) is 0. The zero-order valence-corrected chi connectivity index (χ0v) is 9.69. The highest BCUT2D eigenvalue weighted by molar-refractivity contribution is 5.97. The van der Waals surface area contributed by atoms with Crippen molar-refractivity contribution < 1.29 is 9.59 Å². The smallest absolute Gasteiger partial charge is 0.259 e. The first kappa shape index (κ1) is 11.9. The van der Waals surface area contributed by atoms with Gasteiger partial charge in [0.15, 0.2) is 0 Å². The van der Waals surface area contributed by atoms with Crippen molar-refractivity contribution in [1.82, 2.24) is 10.6 Å². The molecular formula is C14H12N2O2. The van der Waals surface area contributed by atoms with Crippen LogP contribution in [0.15, 0.2) is 59.1 Å². The lowest BCUT2D eigenvalue weighted by Crippen LogP contribution is -2.35. The lowest BCUT2D eigenvalue weighted by molar-refractivity contribution is -0.118. The molecule has 0 aromatic carbocycles. The number of carbonyl (C=O) groups excluding carboxylic acids is 2. The van der Waals surface area contributed by atoms with Crippen LogP contribution in [-0.2, 0) is 9.59 Å². The molecule has 0 bridgehead atoms. The third-order valence-corrected chi connectivity index (χ3v) is 2.38. The Morgan fingerprint density at radius 3 is 1.67 bits per heavy atom. The van der Waals surface area contributed by atoms with E-state index in [1.165, 1.54) is 0 Å². The highest BCUT2D eigenvalue weighted by atomic mass is 16.2. The van der Waals surface area contributed by atoms with E-state index in [9.17, 15) is 9.59 Å². The molecule has 0 aromatic heterocycles. The van der Waals surface area contributed by atoms with Gasteiger partial charge in [0.25, 0.3) is 11.8 Å². The van der Waals surface area contributed by atoms with Crippen LogP contribution >= 0.6 is 0 Å². The average molecular weight is 240 g/mol. The number of carbonyl (C=O) groups is 2. The Bertz CT molecular complexity index is 515. The number of allylic oxidation sites excluding steroid dienone is 2. The minimum Gasteiger partial charge on any atom is -0.350 e. The van der Waals surface area contributed by atoms with Crippen molar-refractivity contribution in [2.24, 2.45) is 0 Å². The molecule has 2 rings (SSSR count). The van der Waals surface area contributed by atoms with Gasteiger partial charge in [-0.3, -0.25) is 9.59 Å². The predicted octanol–water partition coefficient (Wildman–Crippen LogP) is 0.521. The topological polar surface area (TPSA) is 58.2 Å². The van der Waals surface area contributed by atoms with Gasteiger partial charge in [0.1, 0.15) is 0 Å². The fourth-order valence-electron chi connectivity index (χ4n) is 1.49. The molecule has 18 heavy (non-hydrogen) atoms. The van der Waals surface area contributed by atoms with Crippen LogP contribution in [0, 0.1) is 0 Å². The van der Waals surface area contributed by atoms with E-state index in [1.54, 1.807) is 36.5 Å². The third-order valence-electron chi connectivity index (χ3n) is 2.38. The second-order valence-corrected chi connectivity index (χ2v) is 3.68. The first-order valence-electron chi connectivity index (χ1n) is 5.60. The fourth-order valence-corrected chi connectivity index (χ4v) is 1.49. The molecule has 2 aliphatic carbocycles. The maximum Gasteiger partial charge on any atom is 0.259 e. The second-order valence-electron chi connectivity index (χ2n) is 3.68. The Hall–Kier alpha value is -2.54. The largest absolute Gasteiger partial charge is 0.350 e. The Labute approximate surface area is 105 Å². The van der Waals surface area contributed by atoms with Crippen molar-refractivity contribution in [3.63, 3.8) is 0 Å². The Kier molecular flexibility index (Phi) is 3.77. The summed E-state index contributed by atoms with van der Waals surface area (Å²) < 4.78 is 0. The zero-order chi connectivity index (χ0) is 12.8. The van der Waals surface area contributed by atoms with E-state index in [1.807, 2.05) is 0 Å². The molecule has 2 N–H and O–H groups in total. The van der Waals surface area contributed by atoms with Crippen molar-refractivity contribution in [3.8, 4) is 0 Å². The van der Waals surface area contributed by atoms with Crippen LogP contribution in [-0.4, -0.2) is 24.9 Å². The van der Waals surface area contributed by atoms with Gasteiger partial charge in [-0.05, 0) is 24.3 Å². The fraction of sp³-hybridized carbons (Fsp3) is 0.143. The molecule has 0 saturated heterocycles. The monoisotopic (exact) mass is 240 g/mol. The van der Waals surface area contributed by atoms with Crippen LogP contribution in [0.1, 0.15) is 0 Å². The van der Waals surface area contributed by atoms with E-state index in [0.717, 1.165) is 0 Å². The van der Waals surface area contributed by atoms with Crippen LogP contribution in [0.3, 0.4) is 0 Å². The molecule has 0 aromatic rings. The number of hydrogen-bond acceptors (Lipinski definition) is 2. The molecule has 0 atom stereocenters. The Morgan fingerprint density at radius 2 is 1.33 bits per heavy atom. The summed E-state index contributed by atoms with van der Waals surface area (Å²) in [4.78, 5) is 23.0. The molecule has 2 amide bonds. The van der Waals surface area contributed by atoms with Gasteiger partial charge in [-0.15, -0.1) is 11.5 Å². The van der Waals surface area contributed by atoms with Gasteiger partial charge in [-0.25, -0.2) is 0 Å². The van der Waals surface area contributed by atoms with Crippen LogP contribution in [0.2, 0.25) is 0 Å². The van der Waals surface area contributed by atoms with Gasteiger partial charge < -0.3 is 10.6 Å². The van der Waals surface area contributed by atoms with E-state index in [0.29, 0.717) is 24.2 Å². The van der Waals surface area contributed by atoms with Crippen LogP contribution in [0.5, 0.6) is 0 Å². The molecule has 0 aliphatic heterocycles. The minimum atomic E-state index is -0.186. The molecule has 90 valence electrons. The van der Waals surface area contributed by atoms with E-state index in [2.05, 4.69) is 22.1 Å². The molecular weight excluding hydrogens is 228 g/mol. The predicted molar refractivity (Wildman–Crippen MR) is 67.5 cm³/mol. The third kappa shape index (κ3) is 2.98. The van der Waals surface area contributed by atoms with Crippen molar-refractivity contribution in [2.45, 2.75) is 0 Å². The maximum atomic E-state index is 11.5. The highest BCUT2D eigenvalue weighted by Gasteiger charge is 2.08. The van der Waals surface area contributed by atoms with Crippen molar-refractivity contribution in [3.05, 3.63) is 59.1 Å². The van der Waals surface area contributed by atoms with Crippen molar-refractivity contribution in [1.29, 1.82) is 0 Å². The Balaban J connectivity index is 1.67. The van der Waals surface area contributed by atoms with Crippen LogP contribution in [0.25, 0.3) is 0 Å². The molecule has 4 nitrogen and oxygen atoms in total. The quantitative estimate of drug-likeness (QED) is 0.544. The summed E-state index contributed by atoms with van der Waals surface area (Å²) in [6.45, 7) is 0.759. The van der Waals surface area contributed by atoms with Crippen molar-refractivity contribution in [2.75, 3.05) is 13.1 Å². The summed E-state index contributed by atoms with van der Waals surface area (Å²) in [5, 5.41) is 5.38. The SMILES string of the molecule is O=C(NCCNC(=O)C1=C=CC=C1)C1=C=CC=C1. The van der Waals surface area contributed by atoms with E-state index in [-0.39, 0.29) is 11.8 Å². The first-order valence-corrected chi connectivity index (χ1v) is 5.60. The number of nitrogens with one attached hydrogen (secondary N) is 2.